The van der Waals surface area contributed by atoms with E-state index < -0.39 is 0 Å². The van der Waals surface area contributed by atoms with Gasteiger partial charge < -0.3 is 19.6 Å². The maximum Gasteiger partial charge on any atom is 0.120 e. The van der Waals surface area contributed by atoms with Crippen molar-refractivity contribution in [3.63, 3.8) is 0 Å². The Morgan fingerprint density at radius 3 is 1.47 bits per heavy atom. The first-order valence-corrected chi connectivity index (χ1v) is 25.3. The Labute approximate surface area is 424 Å². The van der Waals surface area contributed by atoms with E-state index in [1.165, 1.54) is 116 Å². The minimum atomic E-state index is 0. The van der Waals surface area contributed by atoms with Gasteiger partial charge in [0.15, 0.2) is 0 Å². The van der Waals surface area contributed by atoms with Gasteiger partial charge >= 0.3 is 0 Å². The first kappa shape index (κ1) is 55.4. The molecule has 0 heterocycles. The zero-order chi connectivity index (χ0) is 46.5. The summed E-state index contributed by atoms with van der Waals surface area (Å²) in [4.78, 5) is 10.7. The summed E-state index contributed by atoms with van der Waals surface area (Å²) in [6.45, 7) is 10.2. The van der Waals surface area contributed by atoms with Crippen molar-refractivity contribution in [2.45, 2.75) is 162 Å². The standard InChI is InChI=1S/C31H37NO.C30H35NO.CH2O.3CH4/c1-31-19-11-5-10-16-27(30(31)32(2)22-24-12-6-3-7-13-24)20-26-17-18-28(21-29(26)31)33-23-25-14-8-4-9-15-25;1-30-18-10-4-9-15-26(29(30)31-21-23-11-5-2-6-12-23)19-25-16-17-27(20-28(25)30)32-22-24-13-7-3-8-14-24;1-2;;;/h3-4,6-9,12-15,17-18,21,27,30H,5,10-11,16,19-20,22-23H2,1-2H3;2-3,5-8,11-14,16-17,20,26,29,31H,4,9-10,15,18-19,21-22H2,1H3;1H2;3*1H4/t27-,30-,31+;26-,29-,30+;;;;/m00..../s1. The molecule has 374 valence electrons. The molecule has 1 N–H and O–H groups in total. The maximum atomic E-state index is 8.00. The number of benzene rings is 6. The van der Waals surface area contributed by atoms with Crippen molar-refractivity contribution in [1.29, 1.82) is 0 Å². The number of carbonyl (C=O) groups is 1. The van der Waals surface area contributed by atoms with Gasteiger partial charge in [-0.2, -0.15) is 0 Å². The second kappa shape index (κ2) is 26.6. The third kappa shape index (κ3) is 13.3. The van der Waals surface area contributed by atoms with E-state index in [0.717, 1.165) is 24.6 Å². The Bertz CT molecular complexity index is 2430. The summed E-state index contributed by atoms with van der Waals surface area (Å²) >= 11 is 0. The van der Waals surface area contributed by atoms with Crippen LogP contribution in [0.5, 0.6) is 11.5 Å². The van der Waals surface area contributed by atoms with Gasteiger partial charge in [-0.25, -0.2) is 0 Å². The van der Waals surface area contributed by atoms with Crippen molar-refractivity contribution >= 4 is 6.79 Å². The number of fused-ring (bicyclic) bond motifs is 8. The van der Waals surface area contributed by atoms with Crippen molar-refractivity contribution in [2.75, 3.05) is 7.05 Å². The fourth-order valence-electron chi connectivity index (χ4n) is 12.6. The number of nitrogens with one attached hydrogen (secondary N) is 1. The average molecular weight is 943 g/mol. The molecule has 70 heavy (non-hydrogen) atoms. The number of ether oxygens (including phenoxy) is 2. The molecule has 0 unspecified atom stereocenters. The maximum absolute atomic E-state index is 8.00. The minimum absolute atomic E-state index is 0. The third-order valence-corrected chi connectivity index (χ3v) is 15.8. The molecule has 4 aliphatic rings. The van der Waals surface area contributed by atoms with Crippen LogP contribution in [0.2, 0.25) is 0 Å². The van der Waals surface area contributed by atoms with E-state index in [4.69, 9.17) is 14.3 Å². The lowest BCUT2D eigenvalue weighted by molar-refractivity contribution is -0.0980. The van der Waals surface area contributed by atoms with E-state index >= 15 is 0 Å². The van der Waals surface area contributed by atoms with Crippen LogP contribution in [-0.4, -0.2) is 30.8 Å². The molecule has 0 aromatic heterocycles. The van der Waals surface area contributed by atoms with Crippen molar-refractivity contribution < 1.29 is 14.3 Å². The molecule has 0 radical (unpaired) electrons. The van der Waals surface area contributed by atoms with Crippen LogP contribution in [0.15, 0.2) is 158 Å². The van der Waals surface area contributed by atoms with E-state index in [1.807, 2.05) is 6.79 Å². The van der Waals surface area contributed by atoms with Gasteiger partial charge in [0, 0.05) is 36.0 Å². The molecule has 0 saturated heterocycles. The van der Waals surface area contributed by atoms with Crippen molar-refractivity contribution in [3.05, 3.63) is 202 Å². The molecule has 0 spiro atoms. The summed E-state index contributed by atoms with van der Waals surface area (Å²) in [7, 11) is 2.35. The van der Waals surface area contributed by atoms with Gasteiger partial charge in [-0.3, -0.25) is 4.90 Å². The highest BCUT2D eigenvalue weighted by Gasteiger charge is 2.48. The molecule has 6 aromatic carbocycles. The number of likely N-dealkylation sites (N-methyl/N-ethyl adjacent to an activating group) is 1. The SMILES string of the molecule is C.C.C.C=O.CN(Cc1ccccc1)[C@H]1[C@H]2CCCCC[C@]1(C)c1cc(OCc3ccccc3)ccc1C2.C[C@@]12CCCCC[C@@H](Cc3ccc(OCc4ccccc4)cc31)[C@@H]2NCc1ccccc1. The van der Waals surface area contributed by atoms with Gasteiger partial charge in [0.25, 0.3) is 0 Å². The lowest BCUT2D eigenvalue weighted by Crippen LogP contribution is -2.55. The number of carbonyl (C=O) groups excluding carboxylic acids is 1. The van der Waals surface area contributed by atoms with E-state index in [-0.39, 0.29) is 33.1 Å². The van der Waals surface area contributed by atoms with Crippen LogP contribution in [0.4, 0.5) is 0 Å². The van der Waals surface area contributed by atoms with Crippen LogP contribution in [0.1, 0.15) is 145 Å². The van der Waals surface area contributed by atoms with Crippen molar-refractivity contribution in [3.8, 4) is 11.5 Å². The second-order valence-corrected chi connectivity index (χ2v) is 20.3. The normalized spacial score (nSPS) is 23.0. The van der Waals surface area contributed by atoms with E-state index in [1.54, 1.807) is 5.56 Å². The molecule has 4 bridgehead atoms. The topological polar surface area (TPSA) is 50.8 Å². The fourth-order valence-corrected chi connectivity index (χ4v) is 12.6. The first-order chi connectivity index (χ1) is 32.9. The summed E-state index contributed by atoms with van der Waals surface area (Å²) in [5.74, 6) is 3.42. The zero-order valence-electron chi connectivity index (χ0n) is 40.5. The fraction of sp³-hybridized carbons (Fsp3) is 0.431. The summed E-state index contributed by atoms with van der Waals surface area (Å²) < 4.78 is 12.5. The highest BCUT2D eigenvalue weighted by atomic mass is 16.5. The van der Waals surface area contributed by atoms with E-state index in [9.17, 15) is 0 Å². The van der Waals surface area contributed by atoms with Crippen LogP contribution in [0.25, 0.3) is 0 Å². The van der Waals surface area contributed by atoms with Crippen LogP contribution >= 0.6 is 0 Å². The molecule has 5 heteroatoms. The number of rotatable bonds is 12. The van der Waals surface area contributed by atoms with Gasteiger partial charge in [0.1, 0.15) is 31.5 Å². The smallest absolute Gasteiger partial charge is 0.120 e. The predicted octanol–water partition coefficient (Wildman–Crippen LogP) is 15.7. The molecule has 10 rings (SSSR count). The number of hydrogen-bond acceptors (Lipinski definition) is 5. The molecule has 4 aliphatic carbocycles. The van der Waals surface area contributed by atoms with Gasteiger partial charge in [-0.15, -0.1) is 0 Å². The lowest BCUT2D eigenvalue weighted by atomic mass is 9.59. The molecule has 0 aliphatic heterocycles. The van der Waals surface area contributed by atoms with Gasteiger partial charge in [0.05, 0.1) is 0 Å². The van der Waals surface area contributed by atoms with Crippen molar-refractivity contribution in [1.82, 2.24) is 10.2 Å². The van der Waals surface area contributed by atoms with Crippen LogP contribution in [-0.2, 0) is 54.8 Å². The Hall–Kier alpha value is -5.49. The molecule has 5 nitrogen and oxygen atoms in total. The highest BCUT2D eigenvalue weighted by Crippen LogP contribution is 2.50. The molecular weight excluding hydrogens is 857 g/mol. The monoisotopic (exact) mass is 943 g/mol. The molecular formula is C65H86N2O3. The largest absolute Gasteiger partial charge is 0.489 e. The Balaban J connectivity index is 0.000000242. The summed E-state index contributed by atoms with van der Waals surface area (Å²) in [5, 5.41) is 4.03. The lowest BCUT2D eigenvalue weighted by Gasteiger charge is -2.52. The zero-order valence-corrected chi connectivity index (χ0v) is 40.5. The second-order valence-electron chi connectivity index (χ2n) is 20.3. The molecule has 2 fully saturated rings. The summed E-state index contributed by atoms with van der Waals surface area (Å²) in [6, 6.07) is 57.6. The molecule has 6 aromatic rings. The third-order valence-electron chi connectivity index (χ3n) is 15.8. The number of hydrogen-bond donors (Lipinski definition) is 1. The summed E-state index contributed by atoms with van der Waals surface area (Å²) in [6.07, 6.45) is 15.6. The first-order valence-electron chi connectivity index (χ1n) is 25.3. The van der Waals surface area contributed by atoms with Crippen molar-refractivity contribution in [2.24, 2.45) is 11.8 Å². The predicted molar refractivity (Wildman–Crippen MR) is 296 cm³/mol. The van der Waals surface area contributed by atoms with Crippen LogP contribution in [0.3, 0.4) is 0 Å². The van der Waals surface area contributed by atoms with E-state index in [0.29, 0.717) is 37.1 Å². The molecule has 6 atom stereocenters. The Morgan fingerprint density at radius 2 is 0.957 bits per heavy atom. The average Bonchev–Trinajstić information content (AvgIpc) is 3.36. The Kier molecular flexibility index (Phi) is 21.1. The van der Waals surface area contributed by atoms with Gasteiger partial charge in [0.2, 0.25) is 0 Å². The van der Waals surface area contributed by atoms with Crippen LogP contribution in [0, 0.1) is 11.8 Å². The van der Waals surface area contributed by atoms with E-state index in [2.05, 4.69) is 189 Å². The molecule has 0 amide bonds. The Morgan fingerprint density at radius 1 is 0.529 bits per heavy atom. The molecule has 2 saturated carbocycles. The minimum Gasteiger partial charge on any atom is -0.489 e. The van der Waals surface area contributed by atoms with Gasteiger partial charge in [-0.05, 0) is 126 Å². The quantitative estimate of drug-likeness (QED) is 0.132. The van der Waals surface area contributed by atoms with Gasteiger partial charge in [-0.1, -0.05) is 208 Å². The highest BCUT2D eigenvalue weighted by molar-refractivity contribution is 5.46. The summed E-state index contributed by atoms with van der Waals surface area (Å²) in [5.41, 5.74) is 11.6. The van der Waals surface area contributed by atoms with Crippen LogP contribution < -0.4 is 14.8 Å². The number of nitrogens with zero attached hydrogens (tertiary/aromatic N) is 1.